The van der Waals surface area contributed by atoms with E-state index in [0.717, 1.165) is 5.33 Å². The highest BCUT2D eigenvalue weighted by molar-refractivity contribution is 9.09. The molecule has 0 saturated heterocycles. The van der Waals surface area contributed by atoms with Gasteiger partial charge in [0.1, 0.15) is 4.90 Å². The van der Waals surface area contributed by atoms with Gasteiger partial charge in [-0.15, -0.1) is 0 Å². The second-order valence-corrected chi connectivity index (χ2v) is 7.24. The van der Waals surface area contributed by atoms with Gasteiger partial charge < -0.3 is 0 Å². The molecule has 3 nitrogen and oxygen atoms in total. The Bertz CT molecular complexity index is 507. The zero-order valence-corrected chi connectivity index (χ0v) is 13.6. The Hall–Kier alpha value is -0.100. The molecular formula is C12H17BrClNO2S. The number of benzene rings is 1. The van der Waals surface area contributed by atoms with Gasteiger partial charge in [0.15, 0.2) is 0 Å². The lowest BCUT2D eigenvalue weighted by molar-refractivity contribution is 0.392. The average molecular weight is 355 g/mol. The van der Waals surface area contributed by atoms with E-state index in [9.17, 15) is 8.42 Å². The molecule has 0 aliphatic rings. The molecule has 1 aromatic carbocycles. The van der Waals surface area contributed by atoms with Gasteiger partial charge in [0, 0.05) is 10.9 Å². The third-order valence-electron chi connectivity index (χ3n) is 2.93. The summed E-state index contributed by atoms with van der Waals surface area (Å²) in [5, 5.41) is 0.977. The SMILES string of the molecule is CCC(C)(CCBr)NS(=O)(=O)c1ccccc1Cl. The molecule has 1 atom stereocenters. The van der Waals surface area contributed by atoms with Gasteiger partial charge in [-0.2, -0.15) is 0 Å². The highest BCUT2D eigenvalue weighted by Crippen LogP contribution is 2.24. The van der Waals surface area contributed by atoms with E-state index in [0.29, 0.717) is 12.8 Å². The minimum absolute atomic E-state index is 0.126. The Morgan fingerprint density at radius 1 is 1.39 bits per heavy atom. The van der Waals surface area contributed by atoms with Crippen LogP contribution in [0.4, 0.5) is 0 Å². The van der Waals surface area contributed by atoms with Crippen LogP contribution in [0.1, 0.15) is 26.7 Å². The van der Waals surface area contributed by atoms with Gasteiger partial charge in [0.05, 0.1) is 5.02 Å². The average Bonchev–Trinajstić information content (AvgIpc) is 2.29. The van der Waals surface area contributed by atoms with Crippen LogP contribution in [-0.4, -0.2) is 19.3 Å². The van der Waals surface area contributed by atoms with Crippen LogP contribution in [0.3, 0.4) is 0 Å². The van der Waals surface area contributed by atoms with Crippen molar-refractivity contribution >= 4 is 37.6 Å². The summed E-state index contributed by atoms with van der Waals surface area (Å²) in [6.07, 6.45) is 1.43. The largest absolute Gasteiger partial charge is 0.242 e. The fourth-order valence-electron chi connectivity index (χ4n) is 1.55. The second-order valence-electron chi connectivity index (χ2n) is 4.39. The first-order valence-corrected chi connectivity index (χ1v) is 8.67. The molecule has 0 radical (unpaired) electrons. The highest BCUT2D eigenvalue weighted by atomic mass is 79.9. The van der Waals surface area contributed by atoms with Crippen LogP contribution < -0.4 is 4.72 Å². The number of hydrogen-bond acceptors (Lipinski definition) is 2. The Morgan fingerprint density at radius 3 is 2.50 bits per heavy atom. The molecule has 0 fully saturated rings. The van der Waals surface area contributed by atoms with Gasteiger partial charge in [-0.25, -0.2) is 13.1 Å². The van der Waals surface area contributed by atoms with Crippen molar-refractivity contribution in [1.29, 1.82) is 0 Å². The quantitative estimate of drug-likeness (QED) is 0.794. The number of halogens is 2. The van der Waals surface area contributed by atoms with Gasteiger partial charge in [-0.1, -0.05) is 46.6 Å². The first kappa shape index (κ1) is 16.0. The summed E-state index contributed by atoms with van der Waals surface area (Å²) in [6.45, 7) is 3.85. The molecule has 0 heterocycles. The number of nitrogens with one attached hydrogen (secondary N) is 1. The number of rotatable bonds is 6. The molecule has 0 aliphatic carbocycles. The fourth-order valence-corrected chi connectivity index (χ4v) is 4.45. The minimum Gasteiger partial charge on any atom is -0.207 e. The molecule has 0 amide bonds. The molecule has 1 N–H and O–H groups in total. The molecule has 1 rings (SSSR count). The molecule has 18 heavy (non-hydrogen) atoms. The Morgan fingerprint density at radius 2 is 2.00 bits per heavy atom. The van der Waals surface area contributed by atoms with Gasteiger partial charge >= 0.3 is 0 Å². The van der Waals surface area contributed by atoms with Crippen LogP contribution in [0.5, 0.6) is 0 Å². The first-order valence-electron chi connectivity index (χ1n) is 5.69. The van der Waals surface area contributed by atoms with Gasteiger partial charge in [0.25, 0.3) is 0 Å². The highest BCUT2D eigenvalue weighted by Gasteiger charge is 2.29. The molecule has 6 heteroatoms. The van der Waals surface area contributed by atoms with E-state index >= 15 is 0 Å². The molecule has 1 aromatic rings. The predicted octanol–water partition coefficient (Wildman–Crippen LogP) is 3.57. The summed E-state index contributed by atoms with van der Waals surface area (Å²) in [4.78, 5) is 0.126. The zero-order valence-electron chi connectivity index (χ0n) is 10.4. The Balaban J connectivity index is 3.06. The van der Waals surface area contributed by atoms with Crippen LogP contribution >= 0.6 is 27.5 Å². The van der Waals surface area contributed by atoms with Crippen molar-refractivity contribution in [3.05, 3.63) is 29.3 Å². The van der Waals surface area contributed by atoms with Crippen molar-refractivity contribution in [2.45, 2.75) is 37.1 Å². The lowest BCUT2D eigenvalue weighted by Gasteiger charge is -2.28. The monoisotopic (exact) mass is 353 g/mol. The molecule has 102 valence electrons. The summed E-state index contributed by atoms with van der Waals surface area (Å²) < 4.78 is 27.3. The maximum Gasteiger partial charge on any atom is 0.242 e. The van der Waals surface area contributed by atoms with E-state index in [1.165, 1.54) is 6.07 Å². The smallest absolute Gasteiger partial charge is 0.207 e. The molecule has 0 bridgehead atoms. The van der Waals surface area contributed by atoms with Crippen LogP contribution in [0, 0.1) is 0 Å². The van der Waals surface area contributed by atoms with Crippen molar-refractivity contribution in [2.24, 2.45) is 0 Å². The molecular weight excluding hydrogens is 338 g/mol. The summed E-state index contributed by atoms with van der Waals surface area (Å²) in [6, 6.07) is 6.45. The number of hydrogen-bond donors (Lipinski definition) is 1. The topological polar surface area (TPSA) is 46.2 Å². The van der Waals surface area contributed by atoms with Crippen LogP contribution in [-0.2, 0) is 10.0 Å². The summed E-state index contributed by atoms with van der Waals surface area (Å²) in [5.41, 5.74) is -0.471. The van der Waals surface area contributed by atoms with Crippen LogP contribution in [0.2, 0.25) is 5.02 Å². The van der Waals surface area contributed by atoms with E-state index in [-0.39, 0.29) is 9.92 Å². The second kappa shape index (κ2) is 6.37. The fraction of sp³-hybridized carbons (Fsp3) is 0.500. The minimum atomic E-state index is -3.59. The van der Waals surface area contributed by atoms with Crippen molar-refractivity contribution in [3.8, 4) is 0 Å². The normalized spacial score (nSPS) is 15.3. The summed E-state index contributed by atoms with van der Waals surface area (Å²) >= 11 is 9.27. The third-order valence-corrected chi connectivity index (χ3v) is 5.47. The van der Waals surface area contributed by atoms with Crippen LogP contribution in [0.15, 0.2) is 29.2 Å². The Labute approximate surface area is 122 Å². The van der Waals surface area contributed by atoms with Gasteiger partial charge in [-0.05, 0) is 31.9 Å². The van der Waals surface area contributed by atoms with E-state index in [4.69, 9.17) is 11.6 Å². The van der Waals surface area contributed by atoms with Crippen molar-refractivity contribution in [3.63, 3.8) is 0 Å². The van der Waals surface area contributed by atoms with E-state index in [2.05, 4.69) is 20.7 Å². The number of sulfonamides is 1. The van der Waals surface area contributed by atoms with E-state index in [1.807, 2.05) is 13.8 Å². The van der Waals surface area contributed by atoms with Gasteiger partial charge in [0.2, 0.25) is 10.0 Å². The molecule has 0 aliphatic heterocycles. The Kier molecular flexibility index (Phi) is 5.65. The zero-order chi connectivity index (χ0) is 13.8. The molecule has 0 saturated carbocycles. The maximum absolute atomic E-state index is 12.3. The molecule has 0 aromatic heterocycles. The summed E-state index contributed by atoms with van der Waals surface area (Å²) in [7, 11) is -3.59. The maximum atomic E-state index is 12.3. The molecule has 0 spiro atoms. The first-order chi connectivity index (χ1) is 8.34. The van der Waals surface area contributed by atoms with Crippen molar-refractivity contribution in [1.82, 2.24) is 4.72 Å². The van der Waals surface area contributed by atoms with E-state index in [1.54, 1.807) is 18.2 Å². The van der Waals surface area contributed by atoms with Crippen molar-refractivity contribution < 1.29 is 8.42 Å². The standard InChI is InChI=1S/C12H17BrClNO2S/c1-3-12(2,8-9-13)15-18(16,17)11-7-5-4-6-10(11)14/h4-7,15H,3,8-9H2,1-2H3. The number of alkyl halides is 1. The lowest BCUT2D eigenvalue weighted by atomic mass is 9.98. The van der Waals surface area contributed by atoms with E-state index < -0.39 is 15.6 Å². The predicted molar refractivity (Wildman–Crippen MR) is 78.9 cm³/mol. The van der Waals surface area contributed by atoms with Crippen LogP contribution in [0.25, 0.3) is 0 Å². The van der Waals surface area contributed by atoms with Gasteiger partial charge in [-0.3, -0.25) is 0 Å². The molecule has 1 unspecified atom stereocenters. The summed E-state index contributed by atoms with van der Waals surface area (Å²) in [5.74, 6) is 0. The lowest BCUT2D eigenvalue weighted by Crippen LogP contribution is -2.45. The third kappa shape index (κ3) is 3.95. The van der Waals surface area contributed by atoms with Crippen molar-refractivity contribution in [2.75, 3.05) is 5.33 Å².